The summed E-state index contributed by atoms with van der Waals surface area (Å²) in [5.74, 6) is 0.564. The highest BCUT2D eigenvalue weighted by Gasteiger charge is 2.13. The number of aryl methyl sites for hydroxylation is 1. The number of sulfone groups is 1. The van der Waals surface area contributed by atoms with E-state index in [1.54, 1.807) is 7.11 Å². The minimum Gasteiger partial charge on any atom is -0.383 e. The van der Waals surface area contributed by atoms with Gasteiger partial charge in [0.15, 0.2) is 0 Å². The molecular weight excluding hydrogens is 286 g/mol. The van der Waals surface area contributed by atoms with Gasteiger partial charge in [0.2, 0.25) is 0 Å². The van der Waals surface area contributed by atoms with Crippen molar-refractivity contribution in [2.75, 3.05) is 38.8 Å². The Bertz CT molecular complexity index is 497. The molecule has 1 aromatic rings. The summed E-state index contributed by atoms with van der Waals surface area (Å²) in [6.07, 6.45) is 2.89. The van der Waals surface area contributed by atoms with E-state index < -0.39 is 9.84 Å². The van der Waals surface area contributed by atoms with Crippen molar-refractivity contribution < 1.29 is 13.2 Å². The maximum atomic E-state index is 11.4. The first-order valence-electron chi connectivity index (χ1n) is 7.33. The van der Waals surface area contributed by atoms with Crippen LogP contribution in [0.3, 0.4) is 0 Å². The van der Waals surface area contributed by atoms with Crippen LogP contribution in [0, 0.1) is 12.8 Å². The van der Waals surface area contributed by atoms with E-state index >= 15 is 0 Å². The molecule has 1 rings (SSSR count). The van der Waals surface area contributed by atoms with Crippen LogP contribution in [-0.2, 0) is 21.0 Å². The second-order valence-corrected chi connectivity index (χ2v) is 7.93. The molecule has 0 amide bonds. The van der Waals surface area contributed by atoms with Gasteiger partial charge in [-0.3, -0.25) is 0 Å². The highest BCUT2D eigenvalue weighted by Crippen LogP contribution is 2.14. The van der Waals surface area contributed by atoms with E-state index in [9.17, 15) is 8.42 Å². The van der Waals surface area contributed by atoms with Gasteiger partial charge in [-0.2, -0.15) is 0 Å². The van der Waals surface area contributed by atoms with Crippen molar-refractivity contribution in [1.29, 1.82) is 0 Å². The number of benzene rings is 1. The molecule has 0 aromatic heterocycles. The van der Waals surface area contributed by atoms with Crippen LogP contribution in [0.25, 0.3) is 0 Å². The fourth-order valence-corrected chi connectivity index (χ4v) is 2.96. The summed E-state index contributed by atoms with van der Waals surface area (Å²) in [5, 5.41) is 3.33. The lowest BCUT2D eigenvalue weighted by atomic mass is 9.96. The molecule has 0 spiro atoms. The highest BCUT2D eigenvalue weighted by atomic mass is 32.2. The first-order valence-corrected chi connectivity index (χ1v) is 9.39. The third-order valence-corrected chi connectivity index (χ3v) is 4.44. The summed E-state index contributed by atoms with van der Waals surface area (Å²) >= 11 is 0. The van der Waals surface area contributed by atoms with Crippen LogP contribution in [0.4, 0.5) is 0 Å². The number of nitrogens with one attached hydrogen (secondary N) is 1. The molecule has 0 aliphatic rings. The van der Waals surface area contributed by atoms with Crippen LogP contribution in [0.1, 0.15) is 17.5 Å². The maximum Gasteiger partial charge on any atom is 0.147 e. The van der Waals surface area contributed by atoms with Crippen LogP contribution in [0.5, 0.6) is 0 Å². The van der Waals surface area contributed by atoms with Gasteiger partial charge in [-0.05, 0) is 37.8 Å². The van der Waals surface area contributed by atoms with Crippen LogP contribution >= 0.6 is 0 Å². The molecule has 21 heavy (non-hydrogen) atoms. The van der Waals surface area contributed by atoms with Crippen LogP contribution in [0.2, 0.25) is 0 Å². The standard InChI is InChI=1S/C16H27NO3S/c1-14-4-6-15(7-5-14)12-16(8-11-21(3,18)19)13-17-9-10-20-2/h4-7,16-17H,8-13H2,1-3H3. The predicted octanol–water partition coefficient (Wildman–Crippen LogP) is 1.82. The molecule has 0 heterocycles. The molecule has 0 aliphatic carbocycles. The summed E-state index contributed by atoms with van der Waals surface area (Å²) in [6, 6.07) is 8.44. The monoisotopic (exact) mass is 313 g/mol. The Morgan fingerprint density at radius 2 is 1.90 bits per heavy atom. The van der Waals surface area contributed by atoms with Crippen molar-refractivity contribution in [2.24, 2.45) is 5.92 Å². The zero-order valence-corrected chi connectivity index (χ0v) is 14.1. The number of ether oxygens (including phenoxy) is 1. The first-order chi connectivity index (χ1) is 9.90. The van der Waals surface area contributed by atoms with Gasteiger partial charge in [-0.15, -0.1) is 0 Å². The summed E-state index contributed by atoms with van der Waals surface area (Å²) < 4.78 is 27.7. The van der Waals surface area contributed by atoms with Crippen molar-refractivity contribution in [3.63, 3.8) is 0 Å². The van der Waals surface area contributed by atoms with Crippen molar-refractivity contribution in [2.45, 2.75) is 19.8 Å². The van der Waals surface area contributed by atoms with Crippen LogP contribution in [0.15, 0.2) is 24.3 Å². The third-order valence-electron chi connectivity index (χ3n) is 3.46. The van der Waals surface area contributed by atoms with E-state index in [4.69, 9.17) is 4.74 Å². The molecule has 0 saturated heterocycles. The Morgan fingerprint density at radius 1 is 1.24 bits per heavy atom. The second kappa shape index (κ2) is 9.18. The Kier molecular flexibility index (Phi) is 7.93. The zero-order valence-electron chi connectivity index (χ0n) is 13.3. The average Bonchev–Trinajstić information content (AvgIpc) is 2.42. The van der Waals surface area contributed by atoms with Crippen LogP contribution < -0.4 is 5.32 Å². The summed E-state index contributed by atoms with van der Waals surface area (Å²) in [4.78, 5) is 0. The van der Waals surface area contributed by atoms with E-state index in [-0.39, 0.29) is 5.75 Å². The van der Waals surface area contributed by atoms with Gasteiger partial charge in [0, 0.05) is 19.9 Å². The van der Waals surface area contributed by atoms with Crippen molar-refractivity contribution in [1.82, 2.24) is 5.32 Å². The molecule has 1 unspecified atom stereocenters. The fourth-order valence-electron chi connectivity index (χ4n) is 2.19. The Morgan fingerprint density at radius 3 is 2.48 bits per heavy atom. The van der Waals surface area contributed by atoms with Crippen molar-refractivity contribution >= 4 is 9.84 Å². The van der Waals surface area contributed by atoms with Crippen LogP contribution in [-0.4, -0.2) is 47.2 Å². The summed E-state index contributed by atoms with van der Waals surface area (Å²) in [5.41, 5.74) is 2.50. The van der Waals surface area contributed by atoms with Gasteiger partial charge >= 0.3 is 0 Å². The lowest BCUT2D eigenvalue weighted by Gasteiger charge is -2.17. The molecule has 5 heteroatoms. The molecule has 0 saturated carbocycles. The second-order valence-electron chi connectivity index (χ2n) is 5.67. The fraction of sp³-hybridized carbons (Fsp3) is 0.625. The van der Waals surface area contributed by atoms with E-state index in [2.05, 4.69) is 36.5 Å². The SMILES string of the molecule is COCCNCC(CCS(C)(=O)=O)Cc1ccc(C)cc1. The normalized spacial score (nSPS) is 13.3. The minimum absolute atomic E-state index is 0.246. The Labute approximate surface area is 128 Å². The molecule has 120 valence electrons. The number of hydrogen-bond acceptors (Lipinski definition) is 4. The van der Waals surface area contributed by atoms with Gasteiger partial charge in [0.05, 0.1) is 12.4 Å². The van der Waals surface area contributed by atoms with Gasteiger partial charge in [0.1, 0.15) is 9.84 Å². The molecule has 4 nitrogen and oxygen atoms in total. The topological polar surface area (TPSA) is 55.4 Å². The molecular formula is C16H27NO3S. The summed E-state index contributed by atoms with van der Waals surface area (Å²) in [6.45, 7) is 4.34. The van der Waals surface area contributed by atoms with E-state index in [0.717, 1.165) is 19.5 Å². The molecule has 0 bridgehead atoms. The van der Waals surface area contributed by atoms with Gasteiger partial charge in [0.25, 0.3) is 0 Å². The third kappa shape index (κ3) is 8.86. The number of hydrogen-bond donors (Lipinski definition) is 1. The van der Waals surface area contributed by atoms with E-state index in [1.807, 2.05) is 0 Å². The smallest absolute Gasteiger partial charge is 0.147 e. The van der Waals surface area contributed by atoms with Gasteiger partial charge in [-0.25, -0.2) is 8.42 Å². The molecule has 0 fully saturated rings. The van der Waals surface area contributed by atoms with Gasteiger partial charge < -0.3 is 10.1 Å². The average molecular weight is 313 g/mol. The quantitative estimate of drug-likeness (QED) is 0.670. The number of methoxy groups -OCH3 is 1. The molecule has 0 radical (unpaired) electrons. The minimum atomic E-state index is -2.91. The molecule has 1 N–H and O–H groups in total. The van der Waals surface area contributed by atoms with Crippen molar-refractivity contribution in [3.05, 3.63) is 35.4 Å². The first kappa shape index (κ1) is 18.1. The lowest BCUT2D eigenvalue weighted by molar-refractivity contribution is 0.197. The zero-order chi connectivity index (χ0) is 15.7. The maximum absolute atomic E-state index is 11.4. The number of rotatable bonds is 10. The predicted molar refractivity (Wildman–Crippen MR) is 87.4 cm³/mol. The molecule has 0 aliphatic heterocycles. The Balaban J connectivity index is 2.55. The van der Waals surface area contributed by atoms with E-state index in [1.165, 1.54) is 17.4 Å². The van der Waals surface area contributed by atoms with E-state index in [0.29, 0.717) is 18.9 Å². The van der Waals surface area contributed by atoms with Crippen molar-refractivity contribution in [3.8, 4) is 0 Å². The molecule has 1 aromatic carbocycles. The summed E-state index contributed by atoms with van der Waals surface area (Å²) in [7, 11) is -1.23. The Hall–Kier alpha value is -0.910. The molecule has 1 atom stereocenters. The largest absolute Gasteiger partial charge is 0.383 e. The van der Waals surface area contributed by atoms with Gasteiger partial charge in [-0.1, -0.05) is 29.8 Å². The lowest BCUT2D eigenvalue weighted by Crippen LogP contribution is -2.28. The highest BCUT2D eigenvalue weighted by molar-refractivity contribution is 7.90.